The minimum absolute atomic E-state index is 0.0197. The highest BCUT2D eigenvalue weighted by molar-refractivity contribution is 6.07. The Hall–Kier alpha value is -5.63. The maximum Gasteiger partial charge on any atom is 0.454 e. The molecule has 4 rings (SSSR count). The van der Waals surface area contributed by atoms with E-state index in [1.165, 1.54) is 50.5 Å². The molecule has 0 fully saturated rings. The molecular formula is C26H20F9N7O5. The molecule has 0 unspecified atom stereocenters. The van der Waals surface area contributed by atoms with E-state index in [1.54, 1.807) is 6.07 Å². The third-order valence-corrected chi connectivity index (χ3v) is 4.70. The van der Waals surface area contributed by atoms with Crippen molar-refractivity contribution in [3.05, 3.63) is 85.0 Å². The second kappa shape index (κ2) is 17.8. The summed E-state index contributed by atoms with van der Waals surface area (Å²) in [7, 11) is 1.31. The molecule has 3 aromatic rings. The van der Waals surface area contributed by atoms with Crippen molar-refractivity contribution in [1.29, 1.82) is 0 Å². The van der Waals surface area contributed by atoms with Crippen LogP contribution in [-0.2, 0) is 14.3 Å². The molecule has 21 heteroatoms. The van der Waals surface area contributed by atoms with Crippen LogP contribution >= 0.6 is 0 Å². The van der Waals surface area contributed by atoms with Gasteiger partial charge in [0.15, 0.2) is 5.69 Å². The number of carbonyl (C=O) groups is 3. The van der Waals surface area contributed by atoms with E-state index in [0.717, 1.165) is 12.4 Å². The third kappa shape index (κ3) is 14.8. The highest BCUT2D eigenvalue weighted by Crippen LogP contribution is 2.26. The van der Waals surface area contributed by atoms with Crippen molar-refractivity contribution in [1.82, 2.24) is 29.9 Å². The first-order valence-corrected chi connectivity index (χ1v) is 12.1. The number of aliphatic imine (C=N–C) groups is 1. The van der Waals surface area contributed by atoms with Crippen LogP contribution in [0.25, 0.3) is 11.3 Å². The molecule has 0 saturated heterocycles. The minimum Gasteiger partial charge on any atom is -0.506 e. The van der Waals surface area contributed by atoms with E-state index in [-0.39, 0.29) is 24.0 Å². The van der Waals surface area contributed by atoms with E-state index < -0.39 is 47.5 Å². The summed E-state index contributed by atoms with van der Waals surface area (Å²) in [5, 5.41) is 9.10. The molecule has 252 valence electrons. The van der Waals surface area contributed by atoms with Crippen molar-refractivity contribution < 1.29 is 63.7 Å². The van der Waals surface area contributed by atoms with Gasteiger partial charge in [-0.25, -0.2) is 34.7 Å². The Balaban J connectivity index is 0.000000326. The van der Waals surface area contributed by atoms with Crippen LogP contribution in [0.1, 0.15) is 28.8 Å². The van der Waals surface area contributed by atoms with Crippen LogP contribution in [0.4, 0.5) is 39.5 Å². The third-order valence-electron chi connectivity index (χ3n) is 4.70. The Kier molecular flexibility index (Phi) is 14.9. The van der Waals surface area contributed by atoms with Crippen molar-refractivity contribution in [3.8, 4) is 0 Å². The van der Waals surface area contributed by atoms with Gasteiger partial charge >= 0.3 is 24.5 Å². The predicted octanol–water partition coefficient (Wildman–Crippen LogP) is 4.78. The zero-order valence-electron chi connectivity index (χ0n) is 23.7. The van der Waals surface area contributed by atoms with Gasteiger partial charge in [-0.15, -0.1) is 0 Å². The maximum absolute atomic E-state index is 12.2. The topological polar surface area (TPSA) is 170 Å². The van der Waals surface area contributed by atoms with E-state index in [4.69, 9.17) is 5.11 Å². The molecule has 0 bridgehead atoms. The lowest BCUT2D eigenvalue weighted by Crippen LogP contribution is -2.20. The SMILES string of the molecule is CC(=O)C(F)(F)F.COC(=O)c1ccncn1.FC(F)(F)C1=NCC(c2ccncn2)=C1.O=C(C=C(O)c1ccncn1)C(F)(F)F. The summed E-state index contributed by atoms with van der Waals surface area (Å²) in [6.45, 7) is 0.506. The smallest absolute Gasteiger partial charge is 0.454 e. The number of allylic oxidation sites excluding steroid dienone is 2. The van der Waals surface area contributed by atoms with Gasteiger partial charge in [0.25, 0.3) is 5.78 Å². The number of rotatable bonds is 4. The van der Waals surface area contributed by atoms with Gasteiger partial charge in [0, 0.05) is 37.2 Å². The first kappa shape index (κ1) is 39.4. The molecule has 0 amide bonds. The molecule has 47 heavy (non-hydrogen) atoms. The summed E-state index contributed by atoms with van der Waals surface area (Å²) in [5.41, 5.74) is 0.217. The molecule has 0 spiro atoms. The van der Waals surface area contributed by atoms with Crippen LogP contribution in [0.15, 0.2) is 72.9 Å². The van der Waals surface area contributed by atoms with Crippen molar-refractivity contribution in [2.75, 3.05) is 13.7 Å². The summed E-state index contributed by atoms with van der Waals surface area (Å²) in [5.74, 6) is -5.19. The largest absolute Gasteiger partial charge is 0.506 e. The van der Waals surface area contributed by atoms with Crippen LogP contribution in [0.3, 0.4) is 0 Å². The molecule has 0 aromatic carbocycles. The van der Waals surface area contributed by atoms with Gasteiger partial charge < -0.3 is 9.84 Å². The summed E-state index contributed by atoms with van der Waals surface area (Å²) < 4.78 is 109. The molecule has 12 nitrogen and oxygen atoms in total. The molecule has 0 radical (unpaired) electrons. The molecule has 3 aromatic heterocycles. The number of aliphatic hydroxyl groups excluding tert-OH is 1. The van der Waals surface area contributed by atoms with E-state index in [9.17, 15) is 53.9 Å². The van der Waals surface area contributed by atoms with Crippen molar-refractivity contribution in [2.45, 2.75) is 25.5 Å². The normalized spacial score (nSPS) is 12.8. The first-order chi connectivity index (χ1) is 21.8. The second-order valence-electron chi connectivity index (χ2n) is 8.09. The second-order valence-corrected chi connectivity index (χ2v) is 8.09. The number of nitrogens with zero attached hydrogens (tertiary/aromatic N) is 7. The zero-order chi connectivity index (χ0) is 35.8. The quantitative estimate of drug-likeness (QED) is 0.174. The lowest BCUT2D eigenvalue weighted by molar-refractivity contribution is -0.168. The number of aromatic nitrogens is 6. The van der Waals surface area contributed by atoms with Gasteiger partial charge in [-0.3, -0.25) is 14.6 Å². The fraction of sp³-hybridized carbons (Fsp3) is 0.231. The average Bonchev–Trinajstić information content (AvgIpc) is 3.54. The van der Waals surface area contributed by atoms with E-state index in [0.29, 0.717) is 18.2 Å². The summed E-state index contributed by atoms with van der Waals surface area (Å²) in [6.07, 6.45) is -5.11. The van der Waals surface area contributed by atoms with Gasteiger partial charge in [0.1, 0.15) is 36.1 Å². The molecule has 0 aliphatic carbocycles. The lowest BCUT2D eigenvalue weighted by atomic mass is 10.2. The zero-order valence-corrected chi connectivity index (χ0v) is 23.7. The summed E-state index contributed by atoms with van der Waals surface area (Å²) >= 11 is 0. The first-order valence-electron chi connectivity index (χ1n) is 12.1. The lowest BCUT2D eigenvalue weighted by Gasteiger charge is -2.01. The summed E-state index contributed by atoms with van der Waals surface area (Å²) in [4.78, 5) is 55.7. The molecular weight excluding hydrogens is 661 g/mol. The number of hydrogen-bond acceptors (Lipinski definition) is 12. The van der Waals surface area contributed by atoms with Crippen LogP contribution in [0.5, 0.6) is 0 Å². The Bertz CT molecular complexity index is 1520. The highest BCUT2D eigenvalue weighted by atomic mass is 19.4. The average molecular weight is 681 g/mol. The molecule has 1 aliphatic heterocycles. The van der Waals surface area contributed by atoms with Gasteiger partial charge in [0.05, 0.1) is 19.3 Å². The van der Waals surface area contributed by atoms with Crippen molar-refractivity contribution in [2.24, 2.45) is 4.99 Å². The Labute approximate surface area is 257 Å². The summed E-state index contributed by atoms with van der Waals surface area (Å²) in [6, 6.07) is 4.22. The molecule has 4 heterocycles. The fourth-order valence-electron chi connectivity index (χ4n) is 2.47. The van der Waals surface area contributed by atoms with Crippen molar-refractivity contribution >= 4 is 34.6 Å². The van der Waals surface area contributed by atoms with E-state index >= 15 is 0 Å². The Morgan fingerprint density at radius 3 is 1.64 bits per heavy atom. The van der Waals surface area contributed by atoms with E-state index in [1.807, 2.05) is 0 Å². The number of carbonyl (C=O) groups excluding carboxylic acids is 3. The number of methoxy groups -OCH3 is 1. The van der Waals surface area contributed by atoms with Gasteiger partial charge in [-0.05, 0) is 24.3 Å². The maximum atomic E-state index is 12.2. The fourth-order valence-corrected chi connectivity index (χ4v) is 2.47. The van der Waals surface area contributed by atoms with Crippen LogP contribution < -0.4 is 0 Å². The van der Waals surface area contributed by atoms with Crippen LogP contribution in [-0.4, -0.2) is 90.4 Å². The number of halogens is 9. The standard InChI is InChI=1S/C9H6F3N3.C8H5F3N2O2.C6H6N2O2.C3H3F3O/c10-9(11,12)8-3-6(4-14-8)7-1-2-13-5-15-7;9-8(10,11)7(15)3-6(14)5-1-2-12-4-13-5;1-10-6(9)5-2-3-7-4-8-5;1-2(7)3(4,5)6/h1-3,5H,4H2;1-4,14H;2-4H,1H3;1H3. The number of ketones is 2. The number of alkyl halides is 9. The Morgan fingerprint density at radius 2 is 1.28 bits per heavy atom. The van der Waals surface area contributed by atoms with Gasteiger partial charge in [-0.2, -0.15) is 39.5 Å². The predicted molar refractivity (Wildman–Crippen MR) is 142 cm³/mol. The molecule has 1 aliphatic rings. The number of aliphatic hydroxyl groups is 1. The van der Waals surface area contributed by atoms with E-state index in [2.05, 4.69) is 39.6 Å². The molecule has 1 N–H and O–H groups in total. The highest BCUT2D eigenvalue weighted by Gasteiger charge is 2.37. The molecule has 0 atom stereocenters. The number of ether oxygens (including phenoxy) is 1. The monoisotopic (exact) mass is 681 g/mol. The number of hydrogen-bond donors (Lipinski definition) is 1. The van der Waals surface area contributed by atoms with Crippen molar-refractivity contribution in [3.63, 3.8) is 0 Å². The molecule has 0 saturated carbocycles. The van der Waals surface area contributed by atoms with Crippen LogP contribution in [0.2, 0.25) is 0 Å². The number of Topliss-reactive ketones (excluding diaryl/α,β-unsaturated/α-hetero) is 1. The minimum atomic E-state index is -5.00. The Morgan fingerprint density at radius 1 is 0.787 bits per heavy atom. The van der Waals surface area contributed by atoms with Gasteiger partial charge in [-0.1, -0.05) is 0 Å². The van der Waals surface area contributed by atoms with Gasteiger partial charge in [0.2, 0.25) is 5.78 Å². The van der Waals surface area contributed by atoms with Crippen LogP contribution in [0, 0.1) is 0 Å². The number of esters is 1.